The number of aromatic nitrogens is 1. The van der Waals surface area contributed by atoms with Gasteiger partial charge < -0.3 is 5.32 Å². The Labute approximate surface area is 125 Å². The molecule has 1 unspecified atom stereocenters. The molecule has 0 fully saturated rings. The maximum atomic E-state index is 13.9. The first-order valence-corrected chi connectivity index (χ1v) is 7.08. The van der Waals surface area contributed by atoms with E-state index in [0.29, 0.717) is 10.6 Å². The Morgan fingerprint density at radius 1 is 1.42 bits per heavy atom. The molecular weight excluding hydrogens is 331 g/mol. The fraction of sp³-hybridized carbons (Fsp3) is 0.214. The van der Waals surface area contributed by atoms with Gasteiger partial charge in [-0.15, -0.1) is 0 Å². The Morgan fingerprint density at radius 3 is 2.84 bits per heavy atom. The quantitative estimate of drug-likeness (QED) is 0.893. The van der Waals surface area contributed by atoms with Crippen LogP contribution in [0.4, 0.5) is 4.39 Å². The van der Waals surface area contributed by atoms with Crippen molar-refractivity contribution < 1.29 is 4.39 Å². The van der Waals surface area contributed by atoms with Crippen LogP contribution in [-0.4, -0.2) is 11.5 Å². The Bertz CT molecular complexity index is 577. The van der Waals surface area contributed by atoms with E-state index in [-0.39, 0.29) is 11.9 Å². The Hall–Kier alpha value is -0.970. The Kier molecular flexibility index (Phi) is 4.91. The van der Waals surface area contributed by atoms with E-state index in [4.69, 9.17) is 11.6 Å². The molecule has 0 aliphatic heterocycles. The normalized spacial score (nSPS) is 12.4. The minimum absolute atomic E-state index is 0.237. The largest absolute Gasteiger partial charge is 0.306 e. The zero-order valence-corrected chi connectivity index (χ0v) is 12.7. The second-order valence-electron chi connectivity index (χ2n) is 4.06. The lowest BCUT2D eigenvalue weighted by molar-refractivity contribution is 0.554. The summed E-state index contributed by atoms with van der Waals surface area (Å²) in [5.41, 5.74) is 1.48. The summed E-state index contributed by atoms with van der Waals surface area (Å²) in [5.74, 6) is -0.326. The molecule has 1 N–H and O–H groups in total. The van der Waals surface area contributed by atoms with Crippen molar-refractivity contribution in [2.75, 3.05) is 6.54 Å². The molecule has 1 atom stereocenters. The molecule has 0 saturated carbocycles. The summed E-state index contributed by atoms with van der Waals surface area (Å²) in [6.45, 7) is 2.70. The maximum absolute atomic E-state index is 13.9. The molecule has 0 radical (unpaired) electrons. The van der Waals surface area contributed by atoms with Gasteiger partial charge in [0.2, 0.25) is 0 Å². The number of hydrogen-bond acceptors (Lipinski definition) is 2. The first-order valence-electron chi connectivity index (χ1n) is 5.91. The van der Waals surface area contributed by atoms with Crippen LogP contribution in [0.2, 0.25) is 5.02 Å². The summed E-state index contributed by atoms with van der Waals surface area (Å²) >= 11 is 9.46. The molecule has 2 nitrogen and oxygen atoms in total. The number of nitrogens with zero attached hydrogens (tertiary/aromatic N) is 1. The number of nitrogens with one attached hydrogen (secondary N) is 1. The van der Waals surface area contributed by atoms with E-state index < -0.39 is 0 Å². The highest BCUT2D eigenvalue weighted by Crippen LogP contribution is 2.29. The van der Waals surface area contributed by atoms with Crippen molar-refractivity contribution in [3.05, 3.63) is 63.1 Å². The molecule has 5 heteroatoms. The van der Waals surface area contributed by atoms with Crippen LogP contribution >= 0.6 is 27.5 Å². The molecule has 1 aromatic carbocycles. The summed E-state index contributed by atoms with van der Waals surface area (Å²) < 4.78 is 14.7. The highest BCUT2D eigenvalue weighted by Gasteiger charge is 2.17. The molecule has 0 bridgehead atoms. The van der Waals surface area contributed by atoms with Crippen LogP contribution in [-0.2, 0) is 0 Å². The van der Waals surface area contributed by atoms with Crippen LogP contribution in [0.5, 0.6) is 0 Å². The molecular formula is C14H13BrClFN2. The van der Waals surface area contributed by atoms with Gasteiger partial charge in [0.05, 0.1) is 17.3 Å². The van der Waals surface area contributed by atoms with Crippen molar-refractivity contribution in [3.8, 4) is 0 Å². The van der Waals surface area contributed by atoms with Gasteiger partial charge in [0.25, 0.3) is 0 Å². The van der Waals surface area contributed by atoms with E-state index in [0.717, 1.165) is 16.6 Å². The fourth-order valence-corrected chi connectivity index (χ4v) is 2.36. The second-order valence-corrected chi connectivity index (χ2v) is 5.32. The molecule has 0 spiro atoms. The van der Waals surface area contributed by atoms with E-state index >= 15 is 0 Å². The van der Waals surface area contributed by atoms with Gasteiger partial charge in [-0.05, 0) is 46.2 Å². The predicted octanol–water partition coefficient (Wildman–Crippen LogP) is 4.34. The van der Waals surface area contributed by atoms with Crippen molar-refractivity contribution in [3.63, 3.8) is 0 Å². The number of rotatable bonds is 4. The zero-order valence-electron chi connectivity index (χ0n) is 10.3. The van der Waals surface area contributed by atoms with Crippen LogP contribution in [0.3, 0.4) is 0 Å². The third-order valence-electron chi connectivity index (χ3n) is 2.80. The monoisotopic (exact) mass is 342 g/mol. The summed E-state index contributed by atoms with van der Waals surface area (Å²) in [4.78, 5) is 3.78. The van der Waals surface area contributed by atoms with E-state index in [2.05, 4.69) is 26.2 Å². The number of hydrogen-bond donors (Lipinski definition) is 1. The molecule has 2 rings (SSSR count). The summed E-state index contributed by atoms with van der Waals surface area (Å²) in [7, 11) is 0. The summed E-state index contributed by atoms with van der Waals surface area (Å²) in [5, 5.41) is 3.87. The van der Waals surface area contributed by atoms with Crippen LogP contribution in [0, 0.1) is 5.82 Å². The third-order valence-corrected chi connectivity index (χ3v) is 4.03. The first kappa shape index (κ1) is 14.4. The molecule has 1 heterocycles. The molecule has 100 valence electrons. The average molecular weight is 344 g/mol. The van der Waals surface area contributed by atoms with Crippen LogP contribution in [0.15, 0.2) is 41.1 Å². The van der Waals surface area contributed by atoms with Crippen molar-refractivity contribution in [1.82, 2.24) is 10.3 Å². The van der Waals surface area contributed by atoms with Gasteiger partial charge in [-0.3, -0.25) is 4.98 Å². The Balaban J connectivity index is 2.45. The molecule has 0 aliphatic rings. The van der Waals surface area contributed by atoms with Crippen LogP contribution < -0.4 is 5.32 Å². The Morgan fingerprint density at radius 2 is 2.21 bits per heavy atom. The van der Waals surface area contributed by atoms with E-state index in [9.17, 15) is 4.39 Å². The molecule has 0 amide bonds. The zero-order chi connectivity index (χ0) is 13.8. The van der Waals surface area contributed by atoms with Gasteiger partial charge in [0.15, 0.2) is 0 Å². The van der Waals surface area contributed by atoms with Gasteiger partial charge in [-0.1, -0.05) is 24.6 Å². The lowest BCUT2D eigenvalue weighted by atomic mass is 9.99. The van der Waals surface area contributed by atoms with Crippen LogP contribution in [0.1, 0.15) is 24.1 Å². The highest BCUT2D eigenvalue weighted by atomic mass is 79.9. The number of pyridine rings is 1. The molecule has 19 heavy (non-hydrogen) atoms. The SMILES string of the molecule is CCNC(c1ccc(Br)c(Cl)c1)c1ccncc1F. The van der Waals surface area contributed by atoms with Gasteiger partial charge in [0, 0.05) is 16.2 Å². The number of halogens is 3. The predicted molar refractivity (Wildman–Crippen MR) is 78.9 cm³/mol. The van der Waals surface area contributed by atoms with E-state index in [1.807, 2.05) is 25.1 Å². The maximum Gasteiger partial charge on any atom is 0.146 e. The van der Waals surface area contributed by atoms with Crippen molar-refractivity contribution in [2.24, 2.45) is 0 Å². The molecule has 2 aromatic rings. The topological polar surface area (TPSA) is 24.9 Å². The van der Waals surface area contributed by atoms with E-state index in [1.54, 1.807) is 12.3 Å². The first-order chi connectivity index (χ1) is 9.13. The van der Waals surface area contributed by atoms with E-state index in [1.165, 1.54) is 6.20 Å². The minimum atomic E-state index is -0.326. The third kappa shape index (κ3) is 3.32. The molecule has 0 saturated heterocycles. The summed E-state index contributed by atoms with van der Waals surface area (Å²) in [6.07, 6.45) is 2.81. The second kappa shape index (κ2) is 6.46. The lowest BCUT2D eigenvalue weighted by Gasteiger charge is -2.19. The summed E-state index contributed by atoms with van der Waals surface area (Å²) in [6, 6.07) is 7.06. The average Bonchev–Trinajstić information content (AvgIpc) is 2.40. The lowest BCUT2D eigenvalue weighted by Crippen LogP contribution is -2.23. The molecule has 1 aromatic heterocycles. The van der Waals surface area contributed by atoms with Crippen molar-refractivity contribution in [1.29, 1.82) is 0 Å². The van der Waals surface area contributed by atoms with Gasteiger partial charge in [0.1, 0.15) is 5.82 Å². The minimum Gasteiger partial charge on any atom is -0.306 e. The standard InChI is InChI=1S/C14H13BrClFN2/c1-2-19-14(10-5-6-18-8-13(10)17)9-3-4-11(15)12(16)7-9/h3-8,14,19H,2H2,1H3. The van der Waals surface area contributed by atoms with Crippen molar-refractivity contribution >= 4 is 27.5 Å². The van der Waals surface area contributed by atoms with Gasteiger partial charge in [-0.2, -0.15) is 0 Å². The highest BCUT2D eigenvalue weighted by molar-refractivity contribution is 9.10. The number of benzene rings is 1. The van der Waals surface area contributed by atoms with Crippen molar-refractivity contribution in [2.45, 2.75) is 13.0 Å². The molecule has 0 aliphatic carbocycles. The van der Waals surface area contributed by atoms with Gasteiger partial charge in [-0.25, -0.2) is 4.39 Å². The van der Waals surface area contributed by atoms with Crippen LogP contribution in [0.25, 0.3) is 0 Å². The smallest absolute Gasteiger partial charge is 0.146 e. The fourth-order valence-electron chi connectivity index (χ4n) is 1.92. The van der Waals surface area contributed by atoms with Gasteiger partial charge >= 0.3 is 0 Å².